The number of ether oxygens (including phenoxy) is 1. The predicted molar refractivity (Wildman–Crippen MR) is 70.8 cm³/mol. The van der Waals surface area contributed by atoms with Gasteiger partial charge in [0.15, 0.2) is 0 Å². The van der Waals surface area contributed by atoms with Gasteiger partial charge in [0, 0.05) is 11.6 Å². The molecule has 0 aliphatic heterocycles. The average molecular weight is 259 g/mol. The molecule has 1 aromatic heterocycles. The first-order valence-electron chi connectivity index (χ1n) is 6.64. The van der Waals surface area contributed by atoms with E-state index >= 15 is 0 Å². The summed E-state index contributed by atoms with van der Waals surface area (Å²) in [5.74, 6) is 2.04. The van der Waals surface area contributed by atoms with Crippen LogP contribution in [-0.2, 0) is 6.54 Å². The van der Waals surface area contributed by atoms with E-state index in [9.17, 15) is 0 Å². The topological polar surface area (TPSA) is 60.2 Å². The van der Waals surface area contributed by atoms with Gasteiger partial charge < -0.3 is 14.5 Å². The van der Waals surface area contributed by atoms with Gasteiger partial charge in [0.25, 0.3) is 0 Å². The van der Waals surface area contributed by atoms with Crippen LogP contribution in [0.25, 0.3) is 11.5 Å². The summed E-state index contributed by atoms with van der Waals surface area (Å²) in [5.41, 5.74) is 0.911. The maximum absolute atomic E-state index is 5.62. The summed E-state index contributed by atoms with van der Waals surface area (Å²) in [7, 11) is 0. The van der Waals surface area contributed by atoms with E-state index in [0.29, 0.717) is 31.0 Å². The monoisotopic (exact) mass is 259 g/mol. The molecule has 1 aromatic carbocycles. The average Bonchev–Trinajstić information content (AvgIpc) is 3.15. The smallest absolute Gasteiger partial charge is 0.247 e. The summed E-state index contributed by atoms with van der Waals surface area (Å²) in [5, 5.41) is 11.5. The van der Waals surface area contributed by atoms with Crippen molar-refractivity contribution in [3.63, 3.8) is 0 Å². The van der Waals surface area contributed by atoms with Gasteiger partial charge in [0.05, 0.1) is 13.2 Å². The quantitative estimate of drug-likeness (QED) is 0.863. The number of hydrogen-bond acceptors (Lipinski definition) is 5. The minimum Gasteiger partial charge on any atom is -0.494 e. The fraction of sp³-hybridized carbons (Fsp3) is 0.429. The van der Waals surface area contributed by atoms with Crippen LogP contribution in [0.3, 0.4) is 0 Å². The zero-order valence-corrected chi connectivity index (χ0v) is 10.9. The molecule has 0 radical (unpaired) electrons. The lowest BCUT2D eigenvalue weighted by atomic mass is 10.2. The zero-order valence-electron chi connectivity index (χ0n) is 10.9. The van der Waals surface area contributed by atoms with Crippen LogP contribution in [0.15, 0.2) is 28.7 Å². The molecule has 0 saturated heterocycles. The molecule has 100 valence electrons. The van der Waals surface area contributed by atoms with Crippen LogP contribution >= 0.6 is 0 Å². The van der Waals surface area contributed by atoms with Crippen LogP contribution < -0.4 is 10.1 Å². The highest BCUT2D eigenvalue weighted by Gasteiger charge is 2.21. The van der Waals surface area contributed by atoms with Crippen LogP contribution in [0, 0.1) is 0 Å². The summed E-state index contributed by atoms with van der Waals surface area (Å²) in [4.78, 5) is 0. The Morgan fingerprint density at radius 1 is 1.26 bits per heavy atom. The summed E-state index contributed by atoms with van der Waals surface area (Å²) in [6.07, 6.45) is 2.50. The summed E-state index contributed by atoms with van der Waals surface area (Å²) in [6, 6.07) is 8.31. The first-order valence-corrected chi connectivity index (χ1v) is 6.64. The summed E-state index contributed by atoms with van der Waals surface area (Å²) in [6.45, 7) is 3.27. The van der Waals surface area contributed by atoms with Gasteiger partial charge in [-0.2, -0.15) is 0 Å². The summed E-state index contributed by atoms with van der Waals surface area (Å²) >= 11 is 0. The molecule has 1 fully saturated rings. The van der Waals surface area contributed by atoms with Crippen molar-refractivity contribution in [3.05, 3.63) is 30.2 Å². The maximum atomic E-state index is 5.62. The molecule has 1 aliphatic rings. The van der Waals surface area contributed by atoms with E-state index in [1.165, 1.54) is 12.8 Å². The van der Waals surface area contributed by atoms with Crippen LogP contribution in [0.1, 0.15) is 25.7 Å². The molecule has 3 rings (SSSR count). The van der Waals surface area contributed by atoms with Crippen molar-refractivity contribution in [1.29, 1.82) is 0 Å². The van der Waals surface area contributed by atoms with Crippen molar-refractivity contribution in [2.75, 3.05) is 6.61 Å². The van der Waals surface area contributed by atoms with Crippen LogP contribution in [0.5, 0.6) is 5.75 Å². The number of rotatable bonds is 6. The van der Waals surface area contributed by atoms with Gasteiger partial charge in [0.2, 0.25) is 11.8 Å². The highest BCUT2D eigenvalue weighted by atomic mass is 16.5. The second-order valence-corrected chi connectivity index (χ2v) is 4.61. The molecule has 19 heavy (non-hydrogen) atoms. The Morgan fingerprint density at radius 2 is 2.05 bits per heavy atom. The summed E-state index contributed by atoms with van der Waals surface area (Å²) < 4.78 is 11.0. The molecule has 0 spiro atoms. The van der Waals surface area contributed by atoms with Crippen molar-refractivity contribution in [2.45, 2.75) is 32.4 Å². The van der Waals surface area contributed by atoms with Crippen molar-refractivity contribution < 1.29 is 9.15 Å². The molecule has 5 heteroatoms. The third kappa shape index (κ3) is 3.12. The molecule has 5 nitrogen and oxygen atoms in total. The fourth-order valence-corrected chi connectivity index (χ4v) is 1.82. The maximum Gasteiger partial charge on any atom is 0.247 e. The van der Waals surface area contributed by atoms with Crippen molar-refractivity contribution >= 4 is 0 Å². The highest BCUT2D eigenvalue weighted by molar-refractivity contribution is 5.53. The molecule has 0 amide bonds. The highest BCUT2D eigenvalue weighted by Crippen LogP contribution is 2.22. The van der Waals surface area contributed by atoms with Gasteiger partial charge in [0.1, 0.15) is 5.75 Å². The van der Waals surface area contributed by atoms with Crippen LogP contribution in [0.4, 0.5) is 0 Å². The number of benzene rings is 1. The largest absolute Gasteiger partial charge is 0.494 e. The van der Waals surface area contributed by atoms with E-state index in [0.717, 1.165) is 11.3 Å². The van der Waals surface area contributed by atoms with Crippen LogP contribution in [-0.4, -0.2) is 22.8 Å². The second kappa shape index (κ2) is 5.40. The predicted octanol–water partition coefficient (Wildman–Crippen LogP) is 2.39. The van der Waals surface area contributed by atoms with Gasteiger partial charge in [-0.15, -0.1) is 10.2 Å². The van der Waals surface area contributed by atoms with Crippen molar-refractivity contribution in [2.24, 2.45) is 0 Å². The third-order valence-corrected chi connectivity index (χ3v) is 3.00. The molecular formula is C14H17N3O2. The van der Waals surface area contributed by atoms with Gasteiger partial charge >= 0.3 is 0 Å². The molecule has 2 aromatic rings. The number of nitrogens with one attached hydrogen (secondary N) is 1. The molecule has 1 heterocycles. The Kier molecular flexibility index (Phi) is 3.46. The lowest BCUT2D eigenvalue weighted by Gasteiger charge is -2.02. The van der Waals surface area contributed by atoms with Crippen LogP contribution in [0.2, 0.25) is 0 Å². The Hall–Kier alpha value is -1.88. The van der Waals surface area contributed by atoms with E-state index in [1.807, 2.05) is 31.2 Å². The Balaban J connectivity index is 1.66. The minimum absolute atomic E-state index is 0.552. The fourth-order valence-electron chi connectivity index (χ4n) is 1.82. The van der Waals surface area contributed by atoms with E-state index < -0.39 is 0 Å². The molecule has 1 N–H and O–H groups in total. The number of nitrogens with zero attached hydrogens (tertiary/aromatic N) is 2. The Labute approximate surface area is 112 Å². The Morgan fingerprint density at radius 3 is 2.74 bits per heavy atom. The second-order valence-electron chi connectivity index (χ2n) is 4.61. The van der Waals surface area contributed by atoms with Gasteiger partial charge in [-0.25, -0.2) is 0 Å². The number of hydrogen-bond donors (Lipinski definition) is 1. The Bertz CT molecular complexity index is 532. The first-order chi connectivity index (χ1) is 9.35. The van der Waals surface area contributed by atoms with Gasteiger partial charge in [-0.1, -0.05) is 0 Å². The SMILES string of the molecule is CCOc1ccc(-c2nnc(CNC3CC3)o2)cc1. The normalized spacial score (nSPS) is 14.6. The van der Waals surface area contributed by atoms with Crippen molar-refractivity contribution in [3.8, 4) is 17.2 Å². The lowest BCUT2D eigenvalue weighted by Crippen LogP contribution is -2.15. The molecular weight excluding hydrogens is 242 g/mol. The molecule has 1 aliphatic carbocycles. The van der Waals surface area contributed by atoms with E-state index in [4.69, 9.17) is 9.15 Å². The molecule has 0 bridgehead atoms. The van der Waals surface area contributed by atoms with E-state index in [-0.39, 0.29) is 0 Å². The van der Waals surface area contributed by atoms with E-state index in [1.54, 1.807) is 0 Å². The van der Waals surface area contributed by atoms with Gasteiger partial charge in [-0.05, 0) is 44.0 Å². The number of aromatic nitrogens is 2. The first kappa shape index (κ1) is 12.2. The third-order valence-electron chi connectivity index (χ3n) is 3.00. The van der Waals surface area contributed by atoms with Gasteiger partial charge in [-0.3, -0.25) is 0 Å². The minimum atomic E-state index is 0.552. The standard InChI is InChI=1S/C14H17N3O2/c1-2-18-12-7-3-10(4-8-12)14-17-16-13(19-14)9-15-11-5-6-11/h3-4,7-8,11,15H,2,5-6,9H2,1H3. The van der Waals surface area contributed by atoms with E-state index in [2.05, 4.69) is 15.5 Å². The van der Waals surface area contributed by atoms with Crippen molar-refractivity contribution in [1.82, 2.24) is 15.5 Å². The molecule has 0 atom stereocenters. The zero-order chi connectivity index (χ0) is 13.1. The molecule has 0 unspecified atom stereocenters. The lowest BCUT2D eigenvalue weighted by molar-refractivity contribution is 0.340. The molecule has 1 saturated carbocycles.